The van der Waals surface area contributed by atoms with Crippen molar-refractivity contribution in [2.45, 2.75) is 45.5 Å². The number of benzene rings is 3. The van der Waals surface area contributed by atoms with Crippen molar-refractivity contribution in [1.29, 1.82) is 0 Å². The number of nitrogens with two attached hydrogens (primary N) is 1. The second-order valence-corrected chi connectivity index (χ2v) is 10.8. The van der Waals surface area contributed by atoms with E-state index in [9.17, 15) is 15.0 Å². The lowest BCUT2D eigenvalue weighted by molar-refractivity contribution is 0.0743. The van der Waals surface area contributed by atoms with Gasteiger partial charge in [0.25, 0.3) is 5.91 Å². The summed E-state index contributed by atoms with van der Waals surface area (Å²) in [6.07, 6.45) is 3.54. The van der Waals surface area contributed by atoms with Gasteiger partial charge in [0.05, 0.1) is 0 Å². The molecule has 5 rings (SSSR count). The molecule has 0 bridgehead atoms. The lowest BCUT2D eigenvalue weighted by Gasteiger charge is -2.34. The van der Waals surface area contributed by atoms with Gasteiger partial charge in [-0.2, -0.15) is 0 Å². The molecule has 0 atom stereocenters. The van der Waals surface area contributed by atoms with Crippen LogP contribution in [0, 0.1) is 0 Å². The standard InChI is InChI=1S/C32H40N4O4/c33-11-5-2-6-12-34-13-15-35(16-14-34)20-25-9-10-26-21-36(22-27(26)17-25)32(39)31-29(38)18-28(37)19-30(31)40-23-24-7-3-1-4-8-24/h1,3-4,7-10,17-19,37-38H,2,5-6,11-16,20-23,33H2. The fourth-order valence-corrected chi connectivity index (χ4v) is 5.58. The molecular formula is C32H40N4O4. The van der Waals surface area contributed by atoms with Crippen LogP contribution in [0.15, 0.2) is 60.7 Å². The third kappa shape index (κ3) is 6.94. The normalized spacial score (nSPS) is 15.8. The number of carbonyl (C=O) groups excluding carboxylic acids is 1. The van der Waals surface area contributed by atoms with Crippen molar-refractivity contribution in [2.24, 2.45) is 5.73 Å². The van der Waals surface area contributed by atoms with Crippen molar-refractivity contribution in [3.63, 3.8) is 0 Å². The van der Waals surface area contributed by atoms with Crippen molar-refractivity contribution in [3.05, 3.63) is 88.5 Å². The predicted octanol–water partition coefficient (Wildman–Crippen LogP) is 4.08. The van der Waals surface area contributed by atoms with E-state index in [1.54, 1.807) is 4.90 Å². The van der Waals surface area contributed by atoms with E-state index >= 15 is 0 Å². The minimum Gasteiger partial charge on any atom is -0.508 e. The van der Waals surface area contributed by atoms with Crippen molar-refractivity contribution in [1.82, 2.24) is 14.7 Å². The van der Waals surface area contributed by atoms with Gasteiger partial charge in [-0.3, -0.25) is 9.69 Å². The van der Waals surface area contributed by atoms with Crippen LogP contribution in [0.4, 0.5) is 0 Å². The summed E-state index contributed by atoms with van der Waals surface area (Å²) in [5.74, 6) is -0.593. The van der Waals surface area contributed by atoms with E-state index in [-0.39, 0.29) is 35.3 Å². The molecule has 2 heterocycles. The van der Waals surface area contributed by atoms with Crippen molar-refractivity contribution < 1.29 is 19.7 Å². The quantitative estimate of drug-likeness (QED) is 0.313. The number of amides is 1. The molecule has 0 spiro atoms. The van der Waals surface area contributed by atoms with Gasteiger partial charge >= 0.3 is 0 Å². The highest BCUT2D eigenvalue weighted by Crippen LogP contribution is 2.36. The van der Waals surface area contributed by atoms with E-state index in [2.05, 4.69) is 28.0 Å². The number of fused-ring (bicyclic) bond motifs is 1. The highest BCUT2D eigenvalue weighted by molar-refractivity contribution is 6.00. The average molecular weight is 545 g/mol. The highest BCUT2D eigenvalue weighted by Gasteiger charge is 2.29. The van der Waals surface area contributed by atoms with Gasteiger partial charge in [-0.05, 0) is 48.2 Å². The molecule has 1 fully saturated rings. The number of phenols is 2. The minimum atomic E-state index is -0.319. The fraction of sp³-hybridized carbons (Fsp3) is 0.406. The Bertz CT molecular complexity index is 1290. The van der Waals surface area contributed by atoms with Crippen LogP contribution in [-0.2, 0) is 26.2 Å². The number of nitrogens with zero attached hydrogens (tertiary/aromatic N) is 3. The number of ether oxygens (including phenoxy) is 1. The van der Waals surface area contributed by atoms with E-state index in [0.717, 1.165) is 68.9 Å². The molecule has 3 aromatic rings. The van der Waals surface area contributed by atoms with Crippen molar-refractivity contribution >= 4 is 5.91 Å². The maximum atomic E-state index is 13.6. The van der Waals surface area contributed by atoms with Gasteiger partial charge in [-0.1, -0.05) is 55.0 Å². The molecule has 40 heavy (non-hydrogen) atoms. The zero-order valence-electron chi connectivity index (χ0n) is 23.1. The number of aromatic hydroxyl groups is 2. The predicted molar refractivity (Wildman–Crippen MR) is 155 cm³/mol. The molecule has 1 saturated heterocycles. The third-order valence-corrected chi connectivity index (χ3v) is 7.85. The van der Waals surface area contributed by atoms with E-state index < -0.39 is 0 Å². The zero-order valence-corrected chi connectivity index (χ0v) is 23.1. The molecule has 1 amide bonds. The van der Waals surface area contributed by atoms with Crippen LogP contribution < -0.4 is 10.5 Å². The molecule has 0 aromatic heterocycles. The summed E-state index contributed by atoms with van der Waals surface area (Å²) < 4.78 is 5.90. The maximum Gasteiger partial charge on any atom is 0.262 e. The van der Waals surface area contributed by atoms with Crippen molar-refractivity contribution in [3.8, 4) is 17.2 Å². The fourth-order valence-electron chi connectivity index (χ4n) is 5.58. The SMILES string of the molecule is NCCCCCN1CCN(Cc2ccc3c(c2)CN(C(=O)c2c(O)cc(O)cc2OCc2ccccc2)C3)CC1. The van der Waals surface area contributed by atoms with Crippen LogP contribution in [0.25, 0.3) is 0 Å². The smallest absolute Gasteiger partial charge is 0.262 e. The molecular weight excluding hydrogens is 504 g/mol. The van der Waals surface area contributed by atoms with Gasteiger partial charge < -0.3 is 30.5 Å². The zero-order chi connectivity index (χ0) is 27.9. The monoisotopic (exact) mass is 544 g/mol. The number of rotatable bonds is 11. The van der Waals surface area contributed by atoms with Crippen LogP contribution in [0.2, 0.25) is 0 Å². The Morgan fingerprint density at radius 3 is 2.35 bits per heavy atom. The van der Waals surface area contributed by atoms with Crippen LogP contribution in [-0.4, -0.2) is 70.1 Å². The van der Waals surface area contributed by atoms with Crippen molar-refractivity contribution in [2.75, 3.05) is 39.3 Å². The lowest BCUT2D eigenvalue weighted by atomic mass is 10.1. The molecule has 4 N–H and O–H groups in total. The summed E-state index contributed by atoms with van der Waals surface area (Å²) in [5, 5.41) is 20.7. The first-order valence-electron chi connectivity index (χ1n) is 14.3. The van der Waals surface area contributed by atoms with Gasteiger partial charge in [0, 0.05) is 57.9 Å². The summed E-state index contributed by atoms with van der Waals surface area (Å²) in [6, 6.07) is 18.6. The average Bonchev–Trinajstić information content (AvgIpc) is 3.39. The number of hydrogen-bond donors (Lipinski definition) is 3. The minimum absolute atomic E-state index is 0.0719. The van der Waals surface area contributed by atoms with Gasteiger partial charge in [0.2, 0.25) is 0 Å². The van der Waals surface area contributed by atoms with E-state index in [1.807, 2.05) is 30.3 Å². The highest BCUT2D eigenvalue weighted by atomic mass is 16.5. The van der Waals surface area contributed by atoms with Gasteiger partial charge in [0.15, 0.2) is 0 Å². The Morgan fingerprint density at radius 1 is 0.825 bits per heavy atom. The molecule has 8 heteroatoms. The number of unbranched alkanes of at least 4 members (excludes halogenated alkanes) is 2. The van der Waals surface area contributed by atoms with Crippen LogP contribution >= 0.6 is 0 Å². The summed E-state index contributed by atoms with van der Waals surface area (Å²) in [5.41, 5.74) is 10.1. The summed E-state index contributed by atoms with van der Waals surface area (Å²) in [7, 11) is 0. The van der Waals surface area contributed by atoms with Gasteiger partial charge in [-0.25, -0.2) is 0 Å². The van der Waals surface area contributed by atoms with E-state index in [4.69, 9.17) is 10.5 Å². The molecule has 0 saturated carbocycles. The summed E-state index contributed by atoms with van der Waals surface area (Å²) >= 11 is 0. The summed E-state index contributed by atoms with van der Waals surface area (Å²) in [6.45, 7) is 8.31. The Labute approximate surface area is 236 Å². The van der Waals surface area contributed by atoms with E-state index in [1.165, 1.54) is 30.5 Å². The van der Waals surface area contributed by atoms with Gasteiger partial charge in [0.1, 0.15) is 29.4 Å². The topological polar surface area (TPSA) is 103 Å². The molecule has 0 aliphatic carbocycles. The Hall–Kier alpha value is -3.59. The first-order valence-corrected chi connectivity index (χ1v) is 14.3. The van der Waals surface area contributed by atoms with Crippen LogP contribution in [0.3, 0.4) is 0 Å². The Kier molecular flexibility index (Phi) is 9.21. The molecule has 8 nitrogen and oxygen atoms in total. The largest absolute Gasteiger partial charge is 0.508 e. The molecule has 2 aliphatic heterocycles. The second kappa shape index (κ2) is 13.2. The number of phenolic OH excluding ortho intramolecular Hbond substituents is 2. The first kappa shape index (κ1) is 28.0. The Balaban J connectivity index is 1.19. The Morgan fingerprint density at radius 2 is 1.57 bits per heavy atom. The molecule has 212 valence electrons. The molecule has 3 aromatic carbocycles. The van der Waals surface area contributed by atoms with Crippen LogP contribution in [0.1, 0.15) is 51.9 Å². The molecule has 2 aliphatic rings. The molecule has 0 radical (unpaired) electrons. The van der Waals surface area contributed by atoms with Crippen LogP contribution in [0.5, 0.6) is 17.2 Å². The number of hydrogen-bond acceptors (Lipinski definition) is 7. The second-order valence-electron chi connectivity index (χ2n) is 10.8. The number of carbonyl (C=O) groups is 1. The lowest BCUT2D eigenvalue weighted by Crippen LogP contribution is -2.46. The summed E-state index contributed by atoms with van der Waals surface area (Å²) in [4.78, 5) is 20.4. The first-order chi connectivity index (χ1) is 19.5. The molecule has 0 unspecified atom stereocenters. The number of piperazine rings is 1. The maximum absolute atomic E-state index is 13.6. The van der Waals surface area contributed by atoms with Gasteiger partial charge in [-0.15, -0.1) is 0 Å². The van der Waals surface area contributed by atoms with E-state index in [0.29, 0.717) is 13.1 Å². The third-order valence-electron chi connectivity index (χ3n) is 7.85.